The summed E-state index contributed by atoms with van der Waals surface area (Å²) in [4.78, 5) is 33.4. The highest BCUT2D eigenvalue weighted by atomic mass is 19.3. The molecule has 11 heteroatoms. The Bertz CT molecular complexity index is 1370. The predicted molar refractivity (Wildman–Crippen MR) is 130 cm³/mol. The summed E-state index contributed by atoms with van der Waals surface area (Å²) in [6, 6.07) is 4.75. The summed E-state index contributed by atoms with van der Waals surface area (Å²) in [7, 11) is 0. The van der Waals surface area contributed by atoms with Crippen molar-refractivity contribution in [2.75, 3.05) is 5.32 Å². The SMILES string of the molecule is CC(C)NC(=O)c1ncc(C(=O)Nc2c(-c3cc(F)ccc3F)ccnc2C2CCC(F)(F)CC2)cc1F. The smallest absolute Gasteiger partial charge is 0.273 e. The number of nitrogens with zero attached hydrogens (tertiary/aromatic N) is 2. The van der Waals surface area contributed by atoms with Crippen LogP contribution in [0.3, 0.4) is 0 Å². The van der Waals surface area contributed by atoms with Crippen molar-refractivity contribution in [1.29, 1.82) is 0 Å². The van der Waals surface area contributed by atoms with Gasteiger partial charge in [0.1, 0.15) is 11.6 Å². The van der Waals surface area contributed by atoms with Crippen LogP contribution in [0.1, 0.15) is 72.0 Å². The molecular formula is C27H25F5N4O2. The third-order valence-corrected chi connectivity index (χ3v) is 6.28. The maximum absolute atomic E-state index is 14.7. The van der Waals surface area contributed by atoms with Gasteiger partial charge in [0, 0.05) is 48.3 Å². The number of carbonyl (C=O) groups excluding carboxylic acids is 2. The Morgan fingerprint density at radius 2 is 1.66 bits per heavy atom. The standard InChI is InChI=1S/C27H25F5N4O2/c1-14(2)35-26(38)24-21(30)11-16(13-34-24)25(37)36-23-18(19-12-17(28)3-4-20(19)29)7-10-33-22(23)15-5-8-27(31,32)9-6-15/h3-4,7,10-15H,5-6,8-9H2,1-2H3,(H,35,38)(H,36,37). The summed E-state index contributed by atoms with van der Waals surface area (Å²) < 4.78 is 71.0. The van der Waals surface area contributed by atoms with Crippen LogP contribution in [0, 0.1) is 17.5 Å². The van der Waals surface area contributed by atoms with Gasteiger partial charge in [-0.1, -0.05) is 0 Å². The number of anilines is 1. The second kappa shape index (κ2) is 10.8. The molecule has 1 saturated carbocycles. The number of benzene rings is 1. The Labute approximate surface area is 215 Å². The first kappa shape index (κ1) is 27.2. The molecule has 6 nitrogen and oxygen atoms in total. The van der Waals surface area contributed by atoms with E-state index in [1.165, 1.54) is 12.3 Å². The number of aromatic nitrogens is 2. The van der Waals surface area contributed by atoms with Crippen molar-refractivity contribution in [1.82, 2.24) is 15.3 Å². The molecule has 2 aromatic heterocycles. The lowest BCUT2D eigenvalue weighted by molar-refractivity contribution is -0.0384. The molecule has 0 aliphatic heterocycles. The van der Waals surface area contributed by atoms with E-state index in [0.717, 1.165) is 30.5 Å². The van der Waals surface area contributed by atoms with Gasteiger partial charge in [-0.05, 0) is 57.0 Å². The summed E-state index contributed by atoms with van der Waals surface area (Å²) in [5, 5.41) is 5.09. The Hall–Kier alpha value is -3.89. The fourth-order valence-electron chi connectivity index (χ4n) is 4.41. The van der Waals surface area contributed by atoms with E-state index in [1.54, 1.807) is 13.8 Å². The lowest BCUT2D eigenvalue weighted by Crippen LogP contribution is -2.31. The lowest BCUT2D eigenvalue weighted by Gasteiger charge is -2.29. The zero-order valence-corrected chi connectivity index (χ0v) is 20.6. The molecule has 0 atom stereocenters. The van der Waals surface area contributed by atoms with Crippen LogP contribution >= 0.6 is 0 Å². The zero-order chi connectivity index (χ0) is 27.6. The van der Waals surface area contributed by atoms with E-state index in [4.69, 9.17) is 0 Å². The predicted octanol–water partition coefficient (Wildman–Crippen LogP) is 6.24. The molecule has 1 aliphatic rings. The Balaban J connectivity index is 1.73. The number of hydrogen-bond acceptors (Lipinski definition) is 4. The monoisotopic (exact) mass is 532 g/mol. The second-order valence-corrected chi connectivity index (χ2v) is 9.51. The van der Waals surface area contributed by atoms with Crippen LogP contribution in [-0.2, 0) is 0 Å². The summed E-state index contributed by atoms with van der Waals surface area (Å²) in [6.45, 7) is 3.38. The van der Waals surface area contributed by atoms with Crippen molar-refractivity contribution in [3.63, 3.8) is 0 Å². The average molecular weight is 533 g/mol. The molecule has 2 N–H and O–H groups in total. The first-order chi connectivity index (χ1) is 17.9. The van der Waals surface area contributed by atoms with E-state index in [2.05, 4.69) is 20.6 Å². The summed E-state index contributed by atoms with van der Waals surface area (Å²) in [5.41, 5.74) is -0.605. The van der Waals surface area contributed by atoms with Crippen LogP contribution in [0.5, 0.6) is 0 Å². The van der Waals surface area contributed by atoms with Crippen LogP contribution in [0.4, 0.5) is 27.6 Å². The van der Waals surface area contributed by atoms with Crippen LogP contribution < -0.4 is 10.6 Å². The zero-order valence-electron chi connectivity index (χ0n) is 20.6. The largest absolute Gasteiger partial charge is 0.348 e. The fraction of sp³-hybridized carbons (Fsp3) is 0.333. The molecule has 38 heavy (non-hydrogen) atoms. The van der Waals surface area contributed by atoms with Crippen LogP contribution in [-0.4, -0.2) is 33.7 Å². The van der Waals surface area contributed by atoms with Crippen molar-refractivity contribution in [2.24, 2.45) is 0 Å². The van der Waals surface area contributed by atoms with Gasteiger partial charge in [-0.3, -0.25) is 14.6 Å². The summed E-state index contributed by atoms with van der Waals surface area (Å²) in [6.07, 6.45) is 1.69. The first-order valence-corrected chi connectivity index (χ1v) is 12.0. The number of hydrogen-bond donors (Lipinski definition) is 2. The molecule has 0 radical (unpaired) electrons. The highest BCUT2D eigenvalue weighted by molar-refractivity contribution is 6.07. The number of halogens is 5. The Kier molecular flexibility index (Phi) is 7.75. The van der Waals surface area contributed by atoms with Gasteiger partial charge < -0.3 is 10.6 Å². The van der Waals surface area contributed by atoms with Gasteiger partial charge >= 0.3 is 0 Å². The van der Waals surface area contributed by atoms with Gasteiger partial charge in [-0.15, -0.1) is 0 Å². The molecule has 0 saturated heterocycles. The van der Waals surface area contributed by atoms with Crippen molar-refractivity contribution in [3.05, 3.63) is 77.1 Å². The summed E-state index contributed by atoms with van der Waals surface area (Å²) in [5.74, 6) is -7.46. The maximum Gasteiger partial charge on any atom is 0.273 e. The Morgan fingerprint density at radius 3 is 2.32 bits per heavy atom. The third-order valence-electron chi connectivity index (χ3n) is 6.28. The number of rotatable bonds is 6. The van der Waals surface area contributed by atoms with Crippen LogP contribution in [0.15, 0.2) is 42.7 Å². The van der Waals surface area contributed by atoms with Crippen molar-refractivity contribution in [2.45, 2.75) is 57.4 Å². The highest BCUT2D eigenvalue weighted by Crippen LogP contribution is 2.44. The molecule has 1 aromatic carbocycles. The van der Waals surface area contributed by atoms with E-state index in [-0.39, 0.29) is 59.8 Å². The minimum Gasteiger partial charge on any atom is -0.348 e. The van der Waals surface area contributed by atoms with Gasteiger partial charge in [0.2, 0.25) is 5.92 Å². The van der Waals surface area contributed by atoms with Gasteiger partial charge in [0.25, 0.3) is 11.8 Å². The molecule has 4 rings (SSSR count). The Morgan fingerprint density at radius 1 is 0.947 bits per heavy atom. The van der Waals surface area contributed by atoms with E-state index in [0.29, 0.717) is 0 Å². The first-order valence-electron chi connectivity index (χ1n) is 12.0. The van der Waals surface area contributed by atoms with Crippen LogP contribution in [0.2, 0.25) is 0 Å². The molecule has 1 fully saturated rings. The maximum atomic E-state index is 14.7. The van der Waals surface area contributed by atoms with Crippen molar-refractivity contribution in [3.8, 4) is 11.1 Å². The minimum atomic E-state index is -2.82. The summed E-state index contributed by atoms with van der Waals surface area (Å²) >= 11 is 0. The topological polar surface area (TPSA) is 84.0 Å². The van der Waals surface area contributed by atoms with E-state index < -0.39 is 46.8 Å². The number of amides is 2. The highest BCUT2D eigenvalue weighted by Gasteiger charge is 2.37. The molecule has 2 heterocycles. The van der Waals surface area contributed by atoms with Gasteiger partial charge in [0.15, 0.2) is 11.5 Å². The molecule has 0 bridgehead atoms. The van der Waals surface area contributed by atoms with E-state index in [9.17, 15) is 31.5 Å². The molecule has 200 valence electrons. The number of carbonyl (C=O) groups is 2. The molecular weight excluding hydrogens is 507 g/mol. The number of pyridine rings is 2. The van der Waals surface area contributed by atoms with Gasteiger partial charge in [-0.25, -0.2) is 26.9 Å². The number of nitrogens with one attached hydrogen (secondary N) is 2. The van der Waals surface area contributed by atoms with Gasteiger partial charge in [0.05, 0.1) is 16.9 Å². The van der Waals surface area contributed by atoms with Crippen molar-refractivity contribution < 1.29 is 31.5 Å². The minimum absolute atomic E-state index is 0.000693. The molecule has 0 spiro atoms. The molecule has 1 aliphatic carbocycles. The van der Waals surface area contributed by atoms with E-state index in [1.807, 2.05) is 0 Å². The quantitative estimate of drug-likeness (QED) is 0.368. The van der Waals surface area contributed by atoms with Crippen molar-refractivity contribution >= 4 is 17.5 Å². The van der Waals surface area contributed by atoms with Crippen LogP contribution in [0.25, 0.3) is 11.1 Å². The third kappa shape index (κ3) is 5.98. The normalized spacial score (nSPS) is 15.4. The fourth-order valence-corrected chi connectivity index (χ4v) is 4.41. The molecule has 0 unspecified atom stereocenters. The second-order valence-electron chi connectivity index (χ2n) is 9.51. The lowest BCUT2D eigenvalue weighted by atomic mass is 9.83. The van der Waals surface area contributed by atoms with E-state index >= 15 is 0 Å². The average Bonchev–Trinajstić information content (AvgIpc) is 2.85. The molecule has 2 amide bonds. The number of alkyl halides is 2. The molecule has 3 aromatic rings. The van der Waals surface area contributed by atoms with Gasteiger partial charge in [-0.2, -0.15) is 0 Å².